The minimum absolute atomic E-state index is 0.276. The van der Waals surface area contributed by atoms with E-state index in [9.17, 15) is 14.0 Å². The molecule has 1 amide bonds. The molecule has 1 aromatic rings. The number of nitrogens with zero attached hydrogens (tertiary/aromatic N) is 1. The Morgan fingerprint density at radius 3 is 2.44 bits per heavy atom. The third-order valence-corrected chi connectivity index (χ3v) is 2.25. The van der Waals surface area contributed by atoms with Gasteiger partial charge in [-0.1, -0.05) is 12.1 Å². The summed E-state index contributed by atoms with van der Waals surface area (Å²) in [5.74, 6) is -1.58. The highest BCUT2D eigenvalue weighted by Gasteiger charge is 2.25. The molecule has 0 radical (unpaired) electrons. The fourth-order valence-corrected chi connectivity index (χ4v) is 1.44. The molecule has 16 heavy (non-hydrogen) atoms. The van der Waals surface area contributed by atoms with Gasteiger partial charge in [-0.2, -0.15) is 0 Å². The van der Waals surface area contributed by atoms with Crippen LogP contribution in [0.15, 0.2) is 24.3 Å². The number of carboxylic acid groups (broad SMARTS) is 1. The highest BCUT2D eigenvalue weighted by Crippen LogP contribution is 2.19. The average molecular weight is 225 g/mol. The van der Waals surface area contributed by atoms with E-state index < -0.39 is 17.8 Å². The first-order valence-corrected chi connectivity index (χ1v) is 4.79. The molecule has 5 heteroatoms. The van der Waals surface area contributed by atoms with Crippen LogP contribution in [0.3, 0.4) is 0 Å². The van der Waals surface area contributed by atoms with E-state index >= 15 is 0 Å². The number of halogens is 1. The summed E-state index contributed by atoms with van der Waals surface area (Å²) in [4.78, 5) is 22.9. The van der Waals surface area contributed by atoms with Crippen molar-refractivity contribution >= 4 is 12.4 Å². The largest absolute Gasteiger partial charge is 0.479 e. The second kappa shape index (κ2) is 5.25. The van der Waals surface area contributed by atoms with Gasteiger partial charge in [-0.05, 0) is 24.6 Å². The molecule has 0 aliphatic carbocycles. The van der Waals surface area contributed by atoms with Crippen LogP contribution in [-0.4, -0.2) is 28.9 Å². The monoisotopic (exact) mass is 225 g/mol. The van der Waals surface area contributed by atoms with Gasteiger partial charge in [0.25, 0.3) is 0 Å². The molecule has 0 fully saturated rings. The number of carbonyl (C=O) groups excluding carboxylic acids is 1. The molecule has 0 saturated heterocycles. The number of hydrogen-bond donors (Lipinski definition) is 1. The minimum atomic E-state index is -1.14. The lowest BCUT2D eigenvalue weighted by atomic mass is 10.1. The second-order valence-electron chi connectivity index (χ2n) is 3.23. The first-order valence-electron chi connectivity index (χ1n) is 4.79. The van der Waals surface area contributed by atoms with Crippen LogP contribution in [0.25, 0.3) is 0 Å². The zero-order valence-corrected chi connectivity index (χ0v) is 8.76. The molecular weight excluding hydrogens is 213 g/mol. The molecule has 0 heterocycles. The van der Waals surface area contributed by atoms with Gasteiger partial charge in [0.2, 0.25) is 6.41 Å². The molecular formula is C11H12FNO3. The normalized spacial score (nSPS) is 11.9. The highest BCUT2D eigenvalue weighted by molar-refractivity contribution is 5.78. The number of hydrogen-bond acceptors (Lipinski definition) is 2. The molecule has 1 rings (SSSR count). The molecule has 0 saturated carbocycles. The fraction of sp³-hybridized carbons (Fsp3) is 0.273. The third-order valence-electron chi connectivity index (χ3n) is 2.25. The Balaban J connectivity index is 3.06. The summed E-state index contributed by atoms with van der Waals surface area (Å²) < 4.78 is 12.7. The van der Waals surface area contributed by atoms with Crippen molar-refractivity contribution in [2.75, 3.05) is 6.54 Å². The Bertz CT molecular complexity index is 377. The van der Waals surface area contributed by atoms with Crippen molar-refractivity contribution in [3.63, 3.8) is 0 Å². The summed E-state index contributed by atoms with van der Waals surface area (Å²) in [5.41, 5.74) is 0.378. The summed E-state index contributed by atoms with van der Waals surface area (Å²) in [6.45, 7) is 1.95. The van der Waals surface area contributed by atoms with Gasteiger partial charge in [-0.3, -0.25) is 4.79 Å². The van der Waals surface area contributed by atoms with Crippen LogP contribution in [0.5, 0.6) is 0 Å². The van der Waals surface area contributed by atoms with Crippen molar-refractivity contribution in [1.82, 2.24) is 4.90 Å². The SMILES string of the molecule is CCN(C=O)C(C(=O)O)c1ccc(F)cc1. The molecule has 0 aliphatic rings. The van der Waals surface area contributed by atoms with Crippen LogP contribution >= 0.6 is 0 Å². The predicted molar refractivity (Wildman–Crippen MR) is 55.2 cm³/mol. The number of likely N-dealkylation sites (N-methyl/N-ethyl adjacent to an activating group) is 1. The van der Waals surface area contributed by atoms with Crippen molar-refractivity contribution in [3.8, 4) is 0 Å². The van der Waals surface area contributed by atoms with Crippen LogP contribution in [0.2, 0.25) is 0 Å². The number of aliphatic carboxylic acids is 1. The maximum absolute atomic E-state index is 12.7. The molecule has 4 nitrogen and oxygen atoms in total. The second-order valence-corrected chi connectivity index (χ2v) is 3.23. The zero-order valence-electron chi connectivity index (χ0n) is 8.76. The number of benzene rings is 1. The lowest BCUT2D eigenvalue weighted by Gasteiger charge is -2.23. The van der Waals surface area contributed by atoms with E-state index in [1.165, 1.54) is 24.3 Å². The van der Waals surface area contributed by atoms with Crippen molar-refractivity contribution in [2.24, 2.45) is 0 Å². The number of rotatable bonds is 5. The van der Waals surface area contributed by atoms with Gasteiger partial charge in [-0.25, -0.2) is 9.18 Å². The fourth-order valence-electron chi connectivity index (χ4n) is 1.44. The average Bonchev–Trinajstić information content (AvgIpc) is 2.27. The molecule has 0 aromatic heterocycles. The lowest BCUT2D eigenvalue weighted by Crippen LogP contribution is -2.32. The summed E-state index contributed by atoms with van der Waals surface area (Å²) in [6.07, 6.45) is 0.474. The molecule has 1 unspecified atom stereocenters. The predicted octanol–water partition coefficient (Wildman–Crippen LogP) is 1.43. The van der Waals surface area contributed by atoms with E-state index in [0.29, 0.717) is 12.0 Å². The quantitative estimate of drug-likeness (QED) is 0.771. The first kappa shape index (κ1) is 12.2. The van der Waals surface area contributed by atoms with E-state index in [0.717, 1.165) is 4.90 Å². The summed E-state index contributed by atoms with van der Waals surface area (Å²) in [5, 5.41) is 9.03. The van der Waals surface area contributed by atoms with Crippen molar-refractivity contribution in [3.05, 3.63) is 35.6 Å². The van der Waals surface area contributed by atoms with Crippen LogP contribution in [0.4, 0.5) is 4.39 Å². The molecule has 1 N–H and O–H groups in total. The van der Waals surface area contributed by atoms with Crippen LogP contribution in [0, 0.1) is 5.82 Å². The van der Waals surface area contributed by atoms with Gasteiger partial charge < -0.3 is 10.0 Å². The number of carbonyl (C=O) groups is 2. The Hall–Kier alpha value is -1.91. The molecule has 1 atom stereocenters. The Labute approximate surface area is 92.3 Å². The van der Waals surface area contributed by atoms with E-state index in [4.69, 9.17) is 5.11 Å². The minimum Gasteiger partial charge on any atom is -0.479 e. The summed E-state index contributed by atoms with van der Waals surface area (Å²) in [7, 11) is 0. The topological polar surface area (TPSA) is 57.6 Å². The standard InChI is InChI=1S/C11H12FNO3/c1-2-13(7-14)10(11(15)16)8-3-5-9(12)6-4-8/h3-7,10H,2H2,1H3,(H,15,16). The van der Waals surface area contributed by atoms with E-state index in [1.807, 2.05) is 0 Å². The molecule has 0 bridgehead atoms. The summed E-state index contributed by atoms with van der Waals surface area (Å²) in [6, 6.07) is 4.00. The Morgan fingerprint density at radius 1 is 1.50 bits per heavy atom. The number of amides is 1. The van der Waals surface area contributed by atoms with Crippen molar-refractivity contribution < 1.29 is 19.1 Å². The maximum Gasteiger partial charge on any atom is 0.331 e. The van der Waals surface area contributed by atoms with Gasteiger partial charge in [0.05, 0.1) is 0 Å². The molecule has 86 valence electrons. The molecule has 0 spiro atoms. The van der Waals surface area contributed by atoms with Crippen molar-refractivity contribution in [2.45, 2.75) is 13.0 Å². The maximum atomic E-state index is 12.7. The third kappa shape index (κ3) is 2.56. The van der Waals surface area contributed by atoms with Crippen LogP contribution < -0.4 is 0 Å². The van der Waals surface area contributed by atoms with E-state index in [1.54, 1.807) is 6.92 Å². The van der Waals surface area contributed by atoms with Gasteiger partial charge in [0.15, 0.2) is 6.04 Å². The smallest absolute Gasteiger partial charge is 0.331 e. The zero-order chi connectivity index (χ0) is 12.1. The summed E-state index contributed by atoms with van der Waals surface area (Å²) >= 11 is 0. The molecule has 1 aromatic carbocycles. The lowest BCUT2D eigenvalue weighted by molar-refractivity contribution is -0.146. The van der Waals surface area contributed by atoms with Gasteiger partial charge >= 0.3 is 5.97 Å². The first-order chi connectivity index (χ1) is 7.60. The Morgan fingerprint density at radius 2 is 2.06 bits per heavy atom. The van der Waals surface area contributed by atoms with Crippen LogP contribution in [0.1, 0.15) is 18.5 Å². The van der Waals surface area contributed by atoms with Gasteiger partial charge in [0, 0.05) is 6.54 Å². The van der Waals surface area contributed by atoms with Gasteiger partial charge in [0.1, 0.15) is 5.82 Å². The van der Waals surface area contributed by atoms with Gasteiger partial charge in [-0.15, -0.1) is 0 Å². The van der Waals surface area contributed by atoms with E-state index in [2.05, 4.69) is 0 Å². The Kier molecular flexibility index (Phi) is 3.99. The molecule has 0 aliphatic heterocycles. The van der Waals surface area contributed by atoms with E-state index in [-0.39, 0.29) is 6.54 Å². The number of carboxylic acids is 1. The van der Waals surface area contributed by atoms with Crippen LogP contribution in [-0.2, 0) is 9.59 Å². The van der Waals surface area contributed by atoms with Crippen molar-refractivity contribution in [1.29, 1.82) is 0 Å². The highest BCUT2D eigenvalue weighted by atomic mass is 19.1.